The zero-order valence-electron chi connectivity index (χ0n) is 15.3. The fourth-order valence-electron chi connectivity index (χ4n) is 2.58. The van der Waals surface area contributed by atoms with Crippen molar-refractivity contribution >= 4 is 23.3 Å². The van der Waals surface area contributed by atoms with Gasteiger partial charge in [0.05, 0.1) is 4.92 Å². The normalized spacial score (nSPS) is 10.5. The maximum Gasteiger partial charge on any atom is 0.342 e. The number of nitro benzene ring substituents is 1. The summed E-state index contributed by atoms with van der Waals surface area (Å²) in [6.07, 6.45) is 0. The van der Waals surface area contributed by atoms with Crippen LogP contribution >= 0.6 is 0 Å². The van der Waals surface area contributed by atoms with E-state index in [4.69, 9.17) is 9.15 Å². The first-order valence-electron chi connectivity index (χ1n) is 7.91. The fourth-order valence-corrected chi connectivity index (χ4v) is 2.58. The molecule has 0 radical (unpaired) electrons. The van der Waals surface area contributed by atoms with Crippen molar-refractivity contribution < 1.29 is 23.7 Å². The topological polar surface area (TPSA) is 112 Å². The summed E-state index contributed by atoms with van der Waals surface area (Å²) in [5, 5.41) is 13.6. The molecule has 0 saturated heterocycles. The minimum atomic E-state index is -0.678. The van der Waals surface area contributed by atoms with Gasteiger partial charge in [0, 0.05) is 11.6 Å². The lowest BCUT2D eigenvalue weighted by molar-refractivity contribution is -0.384. The van der Waals surface area contributed by atoms with E-state index in [9.17, 15) is 19.7 Å². The number of carbonyl (C=O) groups is 2. The van der Waals surface area contributed by atoms with Crippen LogP contribution < -0.4 is 5.32 Å². The molecule has 1 amide bonds. The number of benzene rings is 1. The maximum absolute atomic E-state index is 12.2. The first kappa shape index (κ1) is 19.2. The summed E-state index contributed by atoms with van der Waals surface area (Å²) >= 11 is 0. The van der Waals surface area contributed by atoms with Crippen LogP contribution in [0.4, 0.5) is 11.4 Å². The van der Waals surface area contributed by atoms with Crippen molar-refractivity contribution in [1.82, 2.24) is 0 Å². The van der Waals surface area contributed by atoms with Gasteiger partial charge < -0.3 is 14.5 Å². The third-order valence-corrected chi connectivity index (χ3v) is 4.27. The third kappa shape index (κ3) is 3.74. The molecule has 1 aromatic heterocycles. The van der Waals surface area contributed by atoms with Crippen molar-refractivity contribution in [2.45, 2.75) is 34.6 Å². The third-order valence-electron chi connectivity index (χ3n) is 4.27. The van der Waals surface area contributed by atoms with Gasteiger partial charge in [-0.3, -0.25) is 14.9 Å². The quantitative estimate of drug-likeness (QED) is 0.496. The molecule has 0 saturated carbocycles. The Labute approximate surface area is 150 Å². The Bertz CT molecular complexity index is 898. The Morgan fingerprint density at radius 3 is 2.31 bits per heavy atom. The molecular formula is C18H20N2O6. The van der Waals surface area contributed by atoms with Gasteiger partial charge in [0.25, 0.3) is 11.6 Å². The van der Waals surface area contributed by atoms with Crippen molar-refractivity contribution in [3.63, 3.8) is 0 Å². The first-order valence-corrected chi connectivity index (χ1v) is 7.91. The number of amides is 1. The number of aryl methyl sites for hydroxylation is 3. The molecule has 1 heterocycles. The van der Waals surface area contributed by atoms with Gasteiger partial charge in [-0.1, -0.05) is 6.07 Å². The van der Waals surface area contributed by atoms with Crippen LogP contribution in [0.25, 0.3) is 0 Å². The molecule has 0 aliphatic carbocycles. The number of anilines is 1. The molecule has 1 N–H and O–H groups in total. The van der Waals surface area contributed by atoms with Crippen molar-refractivity contribution in [1.29, 1.82) is 0 Å². The zero-order chi connectivity index (χ0) is 19.6. The van der Waals surface area contributed by atoms with E-state index in [1.165, 1.54) is 6.07 Å². The van der Waals surface area contributed by atoms with Crippen LogP contribution in [-0.4, -0.2) is 23.4 Å². The molecule has 0 fully saturated rings. The van der Waals surface area contributed by atoms with Crippen molar-refractivity contribution in [2.75, 3.05) is 11.9 Å². The van der Waals surface area contributed by atoms with Crippen LogP contribution in [0.5, 0.6) is 0 Å². The number of rotatable bonds is 5. The van der Waals surface area contributed by atoms with E-state index >= 15 is 0 Å². The molecule has 0 spiro atoms. The predicted molar refractivity (Wildman–Crippen MR) is 94.4 cm³/mol. The second-order valence-electron chi connectivity index (χ2n) is 6.00. The molecule has 0 aliphatic heterocycles. The van der Waals surface area contributed by atoms with E-state index in [0.29, 0.717) is 22.6 Å². The van der Waals surface area contributed by atoms with Gasteiger partial charge in [-0.05, 0) is 45.7 Å². The predicted octanol–water partition coefficient (Wildman–Crippen LogP) is 3.53. The van der Waals surface area contributed by atoms with Gasteiger partial charge >= 0.3 is 5.97 Å². The number of hydrogen-bond donors (Lipinski definition) is 1. The average Bonchev–Trinajstić information content (AvgIpc) is 2.82. The SMILES string of the molecule is Cc1ccc([N+](=O)[O-])c(NC(=O)COC(=O)c2c(C)oc(C)c2C)c1C. The molecule has 0 aliphatic rings. The van der Waals surface area contributed by atoms with E-state index in [-0.39, 0.29) is 16.9 Å². The minimum Gasteiger partial charge on any atom is -0.465 e. The van der Waals surface area contributed by atoms with E-state index in [2.05, 4.69) is 5.32 Å². The standard InChI is InChI=1S/C18H20N2O6/c1-9-6-7-14(20(23)24)17(10(9)2)19-15(21)8-25-18(22)16-11(3)12(4)26-13(16)5/h6-7H,8H2,1-5H3,(H,19,21). The summed E-state index contributed by atoms with van der Waals surface area (Å²) in [6.45, 7) is 7.97. The lowest BCUT2D eigenvalue weighted by atomic mass is 10.1. The van der Waals surface area contributed by atoms with Gasteiger partial charge in [0.2, 0.25) is 0 Å². The lowest BCUT2D eigenvalue weighted by Gasteiger charge is -2.11. The van der Waals surface area contributed by atoms with Gasteiger partial charge in [0.15, 0.2) is 6.61 Å². The number of furan rings is 1. The molecule has 0 unspecified atom stereocenters. The van der Waals surface area contributed by atoms with Gasteiger partial charge in [-0.2, -0.15) is 0 Å². The number of carbonyl (C=O) groups excluding carboxylic acids is 2. The van der Waals surface area contributed by atoms with Gasteiger partial charge in [-0.25, -0.2) is 4.79 Å². The molecule has 2 rings (SSSR count). The largest absolute Gasteiger partial charge is 0.465 e. The van der Waals surface area contributed by atoms with Crippen LogP contribution in [0.1, 0.15) is 38.6 Å². The van der Waals surface area contributed by atoms with Crippen molar-refractivity contribution in [2.24, 2.45) is 0 Å². The summed E-state index contributed by atoms with van der Waals surface area (Å²) < 4.78 is 10.4. The molecule has 8 heteroatoms. The number of ether oxygens (including phenoxy) is 1. The van der Waals surface area contributed by atoms with Crippen LogP contribution in [0.15, 0.2) is 16.5 Å². The summed E-state index contributed by atoms with van der Waals surface area (Å²) in [5.41, 5.74) is 2.19. The fraction of sp³-hybridized carbons (Fsp3) is 0.333. The van der Waals surface area contributed by atoms with Crippen molar-refractivity contribution in [3.05, 3.63) is 56.0 Å². The van der Waals surface area contributed by atoms with E-state index in [1.807, 2.05) is 0 Å². The Morgan fingerprint density at radius 1 is 1.12 bits per heavy atom. The smallest absolute Gasteiger partial charge is 0.342 e. The number of esters is 1. The molecule has 0 atom stereocenters. The van der Waals surface area contributed by atoms with Crippen LogP contribution in [-0.2, 0) is 9.53 Å². The second-order valence-corrected chi connectivity index (χ2v) is 6.00. The highest BCUT2D eigenvalue weighted by Crippen LogP contribution is 2.30. The molecule has 2 aromatic rings. The van der Waals surface area contributed by atoms with Gasteiger partial charge in [0.1, 0.15) is 22.8 Å². The summed E-state index contributed by atoms with van der Waals surface area (Å²) in [5.74, 6) is -0.325. The number of hydrogen-bond acceptors (Lipinski definition) is 6. The van der Waals surface area contributed by atoms with Crippen LogP contribution in [0, 0.1) is 44.7 Å². The van der Waals surface area contributed by atoms with E-state index < -0.39 is 23.4 Å². The second kappa shape index (κ2) is 7.38. The molecule has 26 heavy (non-hydrogen) atoms. The molecular weight excluding hydrogens is 340 g/mol. The Hall–Kier alpha value is -3.16. The van der Waals surface area contributed by atoms with Crippen LogP contribution in [0.3, 0.4) is 0 Å². The highest BCUT2D eigenvalue weighted by Gasteiger charge is 2.23. The number of nitrogens with one attached hydrogen (secondary N) is 1. The first-order chi connectivity index (χ1) is 12.1. The molecule has 138 valence electrons. The molecule has 8 nitrogen and oxygen atoms in total. The van der Waals surface area contributed by atoms with E-state index in [0.717, 1.165) is 5.56 Å². The Balaban J connectivity index is 2.12. The monoisotopic (exact) mass is 360 g/mol. The van der Waals surface area contributed by atoms with Gasteiger partial charge in [-0.15, -0.1) is 0 Å². The Morgan fingerprint density at radius 2 is 1.77 bits per heavy atom. The summed E-state index contributed by atoms with van der Waals surface area (Å²) in [7, 11) is 0. The molecule has 1 aromatic carbocycles. The van der Waals surface area contributed by atoms with Crippen molar-refractivity contribution in [3.8, 4) is 0 Å². The summed E-state index contributed by atoms with van der Waals surface area (Å²) in [4.78, 5) is 34.9. The maximum atomic E-state index is 12.2. The van der Waals surface area contributed by atoms with Crippen LogP contribution in [0.2, 0.25) is 0 Å². The highest BCUT2D eigenvalue weighted by molar-refractivity contribution is 5.98. The average molecular weight is 360 g/mol. The number of nitrogens with zero attached hydrogens (tertiary/aromatic N) is 1. The zero-order valence-corrected chi connectivity index (χ0v) is 15.3. The molecule has 0 bridgehead atoms. The van der Waals surface area contributed by atoms with E-state index in [1.54, 1.807) is 40.7 Å². The summed E-state index contributed by atoms with van der Waals surface area (Å²) in [6, 6.07) is 2.93. The number of nitro groups is 1. The minimum absolute atomic E-state index is 0.0996. The lowest BCUT2D eigenvalue weighted by Crippen LogP contribution is -2.22. The highest BCUT2D eigenvalue weighted by atomic mass is 16.6. The Kier molecular flexibility index (Phi) is 5.44.